The van der Waals surface area contributed by atoms with Gasteiger partial charge in [0.1, 0.15) is 0 Å². The van der Waals surface area contributed by atoms with E-state index < -0.39 is 0 Å². The Bertz CT molecular complexity index is 961. The van der Waals surface area contributed by atoms with Gasteiger partial charge in [0.25, 0.3) is 5.91 Å². The van der Waals surface area contributed by atoms with E-state index in [1.54, 1.807) is 30.7 Å². The van der Waals surface area contributed by atoms with Gasteiger partial charge in [0.15, 0.2) is 11.5 Å². The van der Waals surface area contributed by atoms with Crippen molar-refractivity contribution in [1.29, 1.82) is 0 Å². The van der Waals surface area contributed by atoms with Gasteiger partial charge in [0, 0.05) is 30.7 Å². The first kappa shape index (κ1) is 19.2. The van der Waals surface area contributed by atoms with Gasteiger partial charge >= 0.3 is 0 Å². The van der Waals surface area contributed by atoms with Crippen molar-refractivity contribution in [3.63, 3.8) is 0 Å². The minimum Gasteiger partial charge on any atom is -0.493 e. The Morgan fingerprint density at radius 1 is 0.929 bits per heavy atom. The molecule has 0 bridgehead atoms. The number of benzene rings is 1. The fourth-order valence-electron chi connectivity index (χ4n) is 2.82. The molecule has 1 aromatic carbocycles. The van der Waals surface area contributed by atoms with Crippen LogP contribution in [0.4, 0.5) is 0 Å². The molecular weight excluding hydrogens is 358 g/mol. The number of hydrogen-bond donors (Lipinski definition) is 1. The Morgan fingerprint density at radius 3 is 2.36 bits per heavy atom. The number of hydrogen-bond acceptors (Lipinski definition) is 6. The summed E-state index contributed by atoms with van der Waals surface area (Å²) in [6.07, 6.45) is 5.15. The molecule has 0 unspecified atom stereocenters. The van der Waals surface area contributed by atoms with Gasteiger partial charge in [0.2, 0.25) is 5.75 Å². The molecule has 2 heterocycles. The molecule has 144 valence electrons. The summed E-state index contributed by atoms with van der Waals surface area (Å²) in [5.41, 5.74) is 3.07. The highest BCUT2D eigenvalue weighted by atomic mass is 16.5. The summed E-state index contributed by atoms with van der Waals surface area (Å²) >= 11 is 0. The number of nitrogens with zero attached hydrogens (tertiary/aromatic N) is 2. The molecule has 0 aliphatic heterocycles. The fourth-order valence-corrected chi connectivity index (χ4v) is 2.82. The van der Waals surface area contributed by atoms with Crippen LogP contribution < -0.4 is 19.5 Å². The number of carbonyl (C=O) groups is 1. The molecule has 1 N–H and O–H groups in total. The molecule has 0 spiro atoms. The van der Waals surface area contributed by atoms with E-state index in [2.05, 4.69) is 15.3 Å². The molecule has 3 rings (SSSR count). The van der Waals surface area contributed by atoms with E-state index in [1.807, 2.05) is 24.3 Å². The van der Waals surface area contributed by atoms with Crippen molar-refractivity contribution in [2.24, 2.45) is 0 Å². The molecule has 28 heavy (non-hydrogen) atoms. The van der Waals surface area contributed by atoms with Crippen molar-refractivity contribution < 1.29 is 19.0 Å². The molecule has 0 saturated carbocycles. The highest BCUT2D eigenvalue weighted by Crippen LogP contribution is 2.39. The van der Waals surface area contributed by atoms with Crippen LogP contribution in [-0.4, -0.2) is 37.2 Å². The number of methoxy groups -OCH3 is 3. The summed E-state index contributed by atoms with van der Waals surface area (Å²) in [5, 5.41) is 2.90. The second kappa shape index (κ2) is 8.85. The average Bonchev–Trinajstić information content (AvgIpc) is 2.77. The molecule has 0 fully saturated rings. The van der Waals surface area contributed by atoms with E-state index >= 15 is 0 Å². The molecule has 1 amide bonds. The first-order valence-corrected chi connectivity index (χ1v) is 8.60. The minimum atomic E-state index is -0.278. The average molecular weight is 379 g/mol. The summed E-state index contributed by atoms with van der Waals surface area (Å²) in [6.45, 7) is 0.344. The number of aromatic nitrogens is 2. The third-order valence-electron chi connectivity index (χ3n) is 4.20. The van der Waals surface area contributed by atoms with Crippen molar-refractivity contribution in [1.82, 2.24) is 15.3 Å². The minimum absolute atomic E-state index is 0.278. The van der Waals surface area contributed by atoms with Crippen LogP contribution in [0, 0.1) is 0 Å². The zero-order chi connectivity index (χ0) is 19.9. The third kappa shape index (κ3) is 4.03. The van der Waals surface area contributed by atoms with Crippen molar-refractivity contribution in [3.05, 3.63) is 66.1 Å². The standard InChI is InChI=1S/C21H21N3O4/c1-26-18-5-4-16(19(27-2)20(18)28-3)21(25)24-13-14-6-11-23-17(12-14)15-7-9-22-10-8-15/h4-12H,13H2,1-3H3,(H,24,25). The second-order valence-corrected chi connectivity index (χ2v) is 5.85. The maximum atomic E-state index is 12.7. The molecular formula is C21H21N3O4. The summed E-state index contributed by atoms with van der Waals surface area (Å²) in [6, 6.07) is 10.9. The summed E-state index contributed by atoms with van der Waals surface area (Å²) in [7, 11) is 4.51. The second-order valence-electron chi connectivity index (χ2n) is 5.85. The zero-order valence-electron chi connectivity index (χ0n) is 15.9. The van der Waals surface area contributed by atoms with Gasteiger partial charge in [-0.15, -0.1) is 0 Å². The van der Waals surface area contributed by atoms with Crippen molar-refractivity contribution in [3.8, 4) is 28.5 Å². The number of carbonyl (C=O) groups excluding carboxylic acids is 1. The molecule has 7 nitrogen and oxygen atoms in total. The fraction of sp³-hybridized carbons (Fsp3) is 0.190. The van der Waals surface area contributed by atoms with Crippen LogP contribution in [0.15, 0.2) is 55.0 Å². The van der Waals surface area contributed by atoms with Crippen LogP contribution in [0.3, 0.4) is 0 Å². The molecule has 0 saturated heterocycles. The van der Waals surface area contributed by atoms with Crippen LogP contribution >= 0.6 is 0 Å². The smallest absolute Gasteiger partial charge is 0.255 e. The zero-order valence-corrected chi connectivity index (χ0v) is 15.9. The Kier molecular flexibility index (Phi) is 6.06. The number of rotatable bonds is 7. The van der Waals surface area contributed by atoms with Crippen LogP contribution in [0.25, 0.3) is 11.3 Å². The number of amides is 1. The van der Waals surface area contributed by atoms with E-state index in [9.17, 15) is 4.79 Å². The molecule has 0 atom stereocenters. The Morgan fingerprint density at radius 2 is 1.68 bits per heavy atom. The summed E-state index contributed by atoms with van der Waals surface area (Å²) in [4.78, 5) is 21.1. The molecule has 7 heteroatoms. The van der Waals surface area contributed by atoms with Crippen molar-refractivity contribution in [2.75, 3.05) is 21.3 Å². The Balaban J connectivity index is 1.78. The summed E-state index contributed by atoms with van der Waals surface area (Å²) < 4.78 is 16.0. The van der Waals surface area contributed by atoms with Crippen LogP contribution in [0.1, 0.15) is 15.9 Å². The Labute approximate surface area is 163 Å². The topological polar surface area (TPSA) is 82.6 Å². The third-order valence-corrected chi connectivity index (χ3v) is 4.20. The van der Waals surface area contributed by atoms with Crippen molar-refractivity contribution in [2.45, 2.75) is 6.54 Å². The normalized spacial score (nSPS) is 10.2. The molecule has 0 radical (unpaired) electrons. The van der Waals surface area contributed by atoms with E-state index in [0.717, 1.165) is 16.8 Å². The van der Waals surface area contributed by atoms with Gasteiger partial charge in [-0.3, -0.25) is 14.8 Å². The number of nitrogens with one attached hydrogen (secondary N) is 1. The largest absolute Gasteiger partial charge is 0.493 e. The molecule has 0 aliphatic carbocycles. The molecule has 2 aromatic heterocycles. The van der Waals surface area contributed by atoms with E-state index in [0.29, 0.717) is 29.4 Å². The predicted octanol–water partition coefficient (Wildman–Crippen LogP) is 3.10. The van der Waals surface area contributed by atoms with Gasteiger partial charge in [-0.05, 0) is 42.0 Å². The first-order chi connectivity index (χ1) is 13.7. The van der Waals surface area contributed by atoms with E-state index in [4.69, 9.17) is 14.2 Å². The first-order valence-electron chi connectivity index (χ1n) is 8.60. The quantitative estimate of drug-likeness (QED) is 0.679. The maximum Gasteiger partial charge on any atom is 0.255 e. The lowest BCUT2D eigenvalue weighted by Crippen LogP contribution is -2.23. The number of ether oxygens (including phenoxy) is 3. The lowest BCUT2D eigenvalue weighted by atomic mass is 10.1. The SMILES string of the molecule is COc1ccc(C(=O)NCc2ccnc(-c3ccncc3)c2)c(OC)c1OC. The van der Waals surface area contributed by atoms with Gasteiger partial charge in [-0.2, -0.15) is 0 Å². The van der Waals surface area contributed by atoms with Gasteiger partial charge in [-0.25, -0.2) is 0 Å². The highest BCUT2D eigenvalue weighted by Gasteiger charge is 2.20. The van der Waals surface area contributed by atoms with Gasteiger partial charge in [0.05, 0.1) is 32.6 Å². The number of pyridine rings is 2. The predicted molar refractivity (Wildman–Crippen MR) is 105 cm³/mol. The maximum absolute atomic E-state index is 12.7. The van der Waals surface area contributed by atoms with Crippen LogP contribution in [0.2, 0.25) is 0 Å². The lowest BCUT2D eigenvalue weighted by Gasteiger charge is -2.15. The highest BCUT2D eigenvalue weighted by molar-refractivity contribution is 5.98. The van der Waals surface area contributed by atoms with Crippen LogP contribution in [-0.2, 0) is 6.54 Å². The van der Waals surface area contributed by atoms with Crippen LogP contribution in [0.5, 0.6) is 17.2 Å². The van der Waals surface area contributed by atoms with Gasteiger partial charge in [-0.1, -0.05) is 0 Å². The molecule has 0 aliphatic rings. The summed E-state index contributed by atoms with van der Waals surface area (Å²) in [5.74, 6) is 0.917. The monoisotopic (exact) mass is 379 g/mol. The van der Waals surface area contributed by atoms with Gasteiger partial charge < -0.3 is 19.5 Å². The van der Waals surface area contributed by atoms with E-state index in [-0.39, 0.29) is 5.91 Å². The Hall–Kier alpha value is -3.61. The molecule has 3 aromatic rings. The van der Waals surface area contributed by atoms with E-state index in [1.165, 1.54) is 21.3 Å². The van der Waals surface area contributed by atoms with Crippen molar-refractivity contribution >= 4 is 5.91 Å². The lowest BCUT2D eigenvalue weighted by molar-refractivity contribution is 0.0947.